The molecular weight excluding hydrogens is 380 g/mol. The van der Waals surface area contributed by atoms with Gasteiger partial charge in [0.05, 0.1) is 17.9 Å². The highest BCUT2D eigenvalue weighted by Crippen LogP contribution is 2.32. The van der Waals surface area contributed by atoms with Crippen molar-refractivity contribution in [3.63, 3.8) is 0 Å². The van der Waals surface area contributed by atoms with Crippen LogP contribution in [-0.2, 0) is 14.9 Å². The summed E-state index contributed by atoms with van der Waals surface area (Å²) in [6.45, 7) is 2.62. The monoisotopic (exact) mass is 404 g/mol. The molecule has 0 spiro atoms. The molecule has 3 aromatic heterocycles. The molecule has 2 N–H and O–H groups in total. The van der Waals surface area contributed by atoms with E-state index in [9.17, 15) is 8.42 Å². The van der Waals surface area contributed by atoms with Crippen LogP contribution >= 0.6 is 0 Å². The number of ether oxygens (including phenoxy) is 1. The van der Waals surface area contributed by atoms with Crippen molar-refractivity contribution in [3.8, 4) is 0 Å². The number of aromatic nitrogens is 4. The standard InChI is InChI=1S/C18H24N6O3S/c25-28(26,23-6-2-1-3-7-23)22-15-12-24-16(21-15)11-20-18-17(24)14(10-19-18)13-4-8-27-9-5-13/h10-13,19,22H,1-9H2. The second-order valence-electron chi connectivity index (χ2n) is 7.51. The lowest BCUT2D eigenvalue weighted by Crippen LogP contribution is -2.39. The molecule has 0 saturated carbocycles. The lowest BCUT2D eigenvalue weighted by molar-refractivity contribution is 0.0855. The van der Waals surface area contributed by atoms with Gasteiger partial charge in [0.15, 0.2) is 17.1 Å². The van der Waals surface area contributed by atoms with Gasteiger partial charge >= 0.3 is 10.2 Å². The molecule has 3 aromatic rings. The summed E-state index contributed by atoms with van der Waals surface area (Å²) in [5.41, 5.74) is 3.54. The summed E-state index contributed by atoms with van der Waals surface area (Å²) in [7, 11) is -3.59. The Labute approximate surface area is 163 Å². The van der Waals surface area contributed by atoms with Crippen molar-refractivity contribution < 1.29 is 13.2 Å². The lowest BCUT2D eigenvalue weighted by atomic mass is 9.93. The number of piperidine rings is 1. The SMILES string of the molecule is O=S(=O)(Nc1cn2c(cnc3[nH]cc(C4CCOCC4)c32)n1)N1CCCCC1. The van der Waals surface area contributed by atoms with E-state index in [1.54, 1.807) is 12.4 Å². The van der Waals surface area contributed by atoms with Crippen molar-refractivity contribution in [2.45, 2.75) is 38.0 Å². The molecule has 5 rings (SSSR count). The van der Waals surface area contributed by atoms with Gasteiger partial charge in [0.2, 0.25) is 0 Å². The first-order chi connectivity index (χ1) is 13.6. The first-order valence-corrected chi connectivity index (χ1v) is 11.3. The number of hydrogen-bond donors (Lipinski definition) is 2. The molecule has 5 heterocycles. The average molecular weight is 404 g/mol. The Bertz CT molecular complexity index is 1090. The Kier molecular flexibility index (Phi) is 4.48. The minimum atomic E-state index is -3.59. The molecule has 0 amide bonds. The molecule has 10 heteroatoms. The highest BCUT2D eigenvalue weighted by Gasteiger charge is 2.26. The van der Waals surface area contributed by atoms with Crippen LogP contribution in [0.25, 0.3) is 16.8 Å². The van der Waals surface area contributed by atoms with Crippen molar-refractivity contribution >= 4 is 32.8 Å². The van der Waals surface area contributed by atoms with Crippen LogP contribution in [0.2, 0.25) is 0 Å². The molecule has 0 unspecified atom stereocenters. The van der Waals surface area contributed by atoms with Gasteiger partial charge in [0.1, 0.15) is 0 Å². The summed E-state index contributed by atoms with van der Waals surface area (Å²) in [6, 6.07) is 0. The number of H-pyrrole nitrogens is 1. The fourth-order valence-electron chi connectivity index (χ4n) is 4.23. The van der Waals surface area contributed by atoms with Crippen LogP contribution in [0.3, 0.4) is 0 Å². The average Bonchev–Trinajstić information content (AvgIpc) is 3.32. The number of aromatic amines is 1. The summed E-state index contributed by atoms with van der Waals surface area (Å²) in [5.74, 6) is 0.713. The molecule has 2 aliphatic rings. The maximum atomic E-state index is 12.7. The van der Waals surface area contributed by atoms with Gasteiger partial charge in [-0.1, -0.05) is 6.42 Å². The zero-order chi connectivity index (χ0) is 19.1. The molecule has 0 radical (unpaired) electrons. The summed E-state index contributed by atoms with van der Waals surface area (Å²) in [6.07, 6.45) is 10.2. The lowest BCUT2D eigenvalue weighted by Gasteiger charge is -2.25. The highest BCUT2D eigenvalue weighted by atomic mass is 32.2. The van der Waals surface area contributed by atoms with Crippen LogP contribution in [-0.4, -0.2) is 58.4 Å². The minimum Gasteiger partial charge on any atom is -0.381 e. The summed E-state index contributed by atoms with van der Waals surface area (Å²) >= 11 is 0. The van der Waals surface area contributed by atoms with Crippen LogP contribution in [0.4, 0.5) is 5.82 Å². The molecule has 2 saturated heterocycles. The summed E-state index contributed by atoms with van der Waals surface area (Å²) < 4.78 is 36.9. The number of nitrogens with one attached hydrogen (secondary N) is 2. The first kappa shape index (κ1) is 17.9. The highest BCUT2D eigenvalue weighted by molar-refractivity contribution is 7.90. The summed E-state index contributed by atoms with van der Waals surface area (Å²) in [4.78, 5) is 12.2. The molecule has 2 fully saturated rings. The second kappa shape index (κ2) is 7.02. The molecule has 0 aliphatic carbocycles. The van der Waals surface area contributed by atoms with Gasteiger partial charge < -0.3 is 9.72 Å². The van der Waals surface area contributed by atoms with E-state index >= 15 is 0 Å². The number of imidazole rings is 1. The van der Waals surface area contributed by atoms with E-state index in [1.165, 1.54) is 9.87 Å². The molecule has 0 bridgehead atoms. The Hall–Kier alpha value is -2.17. The molecule has 28 heavy (non-hydrogen) atoms. The number of anilines is 1. The molecule has 0 aromatic carbocycles. The Morgan fingerprint density at radius 1 is 1.18 bits per heavy atom. The van der Waals surface area contributed by atoms with Crippen molar-refractivity contribution in [2.75, 3.05) is 31.0 Å². The second-order valence-corrected chi connectivity index (χ2v) is 9.18. The van der Waals surface area contributed by atoms with Crippen molar-refractivity contribution in [1.82, 2.24) is 23.7 Å². The number of fused-ring (bicyclic) bond motifs is 3. The first-order valence-electron chi connectivity index (χ1n) is 9.82. The van der Waals surface area contributed by atoms with Crippen LogP contribution in [0, 0.1) is 0 Å². The zero-order valence-electron chi connectivity index (χ0n) is 15.6. The zero-order valence-corrected chi connectivity index (χ0v) is 16.4. The van der Waals surface area contributed by atoms with Crippen molar-refractivity contribution in [3.05, 3.63) is 24.2 Å². The number of rotatable bonds is 4. The third kappa shape index (κ3) is 3.15. The predicted molar refractivity (Wildman–Crippen MR) is 106 cm³/mol. The molecule has 150 valence electrons. The fraction of sp³-hybridized carbons (Fsp3) is 0.556. The van der Waals surface area contributed by atoms with Gasteiger partial charge in [-0.15, -0.1) is 0 Å². The quantitative estimate of drug-likeness (QED) is 0.694. The normalized spacial score (nSPS) is 20.1. The Morgan fingerprint density at radius 3 is 2.75 bits per heavy atom. The van der Waals surface area contributed by atoms with Crippen molar-refractivity contribution in [2.24, 2.45) is 0 Å². The fourth-order valence-corrected chi connectivity index (χ4v) is 5.46. The van der Waals surface area contributed by atoms with Crippen LogP contribution in [0.5, 0.6) is 0 Å². The van der Waals surface area contributed by atoms with Crippen LogP contribution in [0.15, 0.2) is 18.6 Å². The van der Waals surface area contributed by atoms with Crippen LogP contribution < -0.4 is 4.72 Å². The van der Waals surface area contributed by atoms with Gasteiger partial charge in [-0.05, 0) is 37.2 Å². The molecule has 2 aliphatic heterocycles. The van der Waals surface area contributed by atoms with E-state index in [4.69, 9.17) is 4.74 Å². The number of nitrogens with zero attached hydrogens (tertiary/aromatic N) is 4. The minimum absolute atomic E-state index is 0.319. The topological polar surface area (TPSA) is 105 Å². The Balaban J connectivity index is 1.51. The van der Waals surface area contributed by atoms with Crippen LogP contribution in [0.1, 0.15) is 43.6 Å². The van der Waals surface area contributed by atoms with Crippen molar-refractivity contribution in [1.29, 1.82) is 0 Å². The maximum Gasteiger partial charge on any atom is 0.302 e. The van der Waals surface area contributed by atoms with Gasteiger partial charge in [-0.25, -0.2) is 9.97 Å². The van der Waals surface area contributed by atoms with E-state index in [0.29, 0.717) is 30.5 Å². The largest absolute Gasteiger partial charge is 0.381 e. The van der Waals surface area contributed by atoms with Gasteiger partial charge in [-0.2, -0.15) is 12.7 Å². The van der Waals surface area contributed by atoms with E-state index in [0.717, 1.165) is 56.5 Å². The smallest absolute Gasteiger partial charge is 0.302 e. The van der Waals surface area contributed by atoms with Gasteiger partial charge in [0.25, 0.3) is 0 Å². The third-order valence-corrected chi connectivity index (χ3v) is 7.21. The maximum absolute atomic E-state index is 12.7. The van der Waals surface area contributed by atoms with E-state index in [2.05, 4.69) is 19.7 Å². The summed E-state index contributed by atoms with van der Waals surface area (Å²) in [5, 5.41) is 0. The van der Waals surface area contributed by atoms with Gasteiger partial charge in [0, 0.05) is 32.5 Å². The molecular formula is C18H24N6O3S. The molecule has 0 atom stereocenters. The molecule has 9 nitrogen and oxygen atoms in total. The van der Waals surface area contributed by atoms with Gasteiger partial charge in [-0.3, -0.25) is 9.12 Å². The third-order valence-electron chi connectivity index (χ3n) is 5.69. The Morgan fingerprint density at radius 2 is 1.96 bits per heavy atom. The van der Waals surface area contributed by atoms with E-state index < -0.39 is 10.2 Å². The number of hydrogen-bond acceptors (Lipinski definition) is 5. The predicted octanol–water partition coefficient (Wildman–Crippen LogP) is 2.25. The van der Waals surface area contributed by atoms with E-state index in [1.807, 2.05) is 10.6 Å². The van der Waals surface area contributed by atoms with E-state index in [-0.39, 0.29) is 0 Å².